The van der Waals surface area contributed by atoms with Gasteiger partial charge in [0.15, 0.2) is 0 Å². The molecule has 2 rings (SSSR count). The molecule has 0 bridgehead atoms. The van der Waals surface area contributed by atoms with Crippen LogP contribution in [0.5, 0.6) is 0 Å². The van der Waals surface area contributed by atoms with Gasteiger partial charge in [-0.1, -0.05) is 37.3 Å². The average molecular weight is 338 g/mol. The number of amides is 1. The topological polar surface area (TPSA) is 57.7 Å². The molecule has 0 aromatic heterocycles. The second-order valence-corrected chi connectivity index (χ2v) is 8.19. The van der Waals surface area contributed by atoms with Crippen molar-refractivity contribution in [3.63, 3.8) is 0 Å². The number of carbonyl (C=O) groups is 1. The first-order valence-electron chi connectivity index (χ1n) is 8.19. The van der Waals surface area contributed by atoms with Gasteiger partial charge in [0.2, 0.25) is 15.9 Å². The van der Waals surface area contributed by atoms with Gasteiger partial charge in [-0.15, -0.1) is 0 Å². The van der Waals surface area contributed by atoms with E-state index in [4.69, 9.17) is 0 Å². The minimum absolute atomic E-state index is 0.0732. The predicted molar refractivity (Wildman–Crippen MR) is 91.3 cm³/mol. The summed E-state index contributed by atoms with van der Waals surface area (Å²) in [5.41, 5.74) is 1.10. The van der Waals surface area contributed by atoms with Crippen molar-refractivity contribution < 1.29 is 13.2 Å². The van der Waals surface area contributed by atoms with Crippen LogP contribution in [0.25, 0.3) is 0 Å². The van der Waals surface area contributed by atoms with E-state index in [-0.39, 0.29) is 11.8 Å². The summed E-state index contributed by atoms with van der Waals surface area (Å²) in [5, 5.41) is 0. The van der Waals surface area contributed by atoms with E-state index in [2.05, 4.69) is 6.92 Å². The molecule has 1 unspecified atom stereocenters. The molecule has 5 nitrogen and oxygen atoms in total. The third kappa shape index (κ3) is 5.04. The van der Waals surface area contributed by atoms with E-state index in [1.165, 1.54) is 10.6 Å². The first-order valence-corrected chi connectivity index (χ1v) is 10.0. The quantitative estimate of drug-likeness (QED) is 0.798. The van der Waals surface area contributed by atoms with Gasteiger partial charge in [0.25, 0.3) is 0 Å². The summed E-state index contributed by atoms with van der Waals surface area (Å²) < 4.78 is 24.9. The van der Waals surface area contributed by atoms with E-state index >= 15 is 0 Å². The molecule has 0 N–H and O–H groups in total. The Morgan fingerprint density at radius 2 is 2.00 bits per heavy atom. The second kappa shape index (κ2) is 7.93. The van der Waals surface area contributed by atoms with Crippen LogP contribution in [-0.2, 0) is 21.4 Å². The van der Waals surface area contributed by atoms with Gasteiger partial charge in [-0.3, -0.25) is 4.79 Å². The van der Waals surface area contributed by atoms with Crippen molar-refractivity contribution in [2.45, 2.75) is 32.7 Å². The Morgan fingerprint density at radius 1 is 1.30 bits per heavy atom. The van der Waals surface area contributed by atoms with Crippen LogP contribution in [0.2, 0.25) is 0 Å². The van der Waals surface area contributed by atoms with Gasteiger partial charge in [-0.2, -0.15) is 0 Å². The first kappa shape index (κ1) is 17.9. The SMILES string of the molecule is CCCN(Cc1ccccc1)C(=O)C1CCCN(S(C)(=O)=O)C1. The number of hydrogen-bond acceptors (Lipinski definition) is 3. The zero-order valence-electron chi connectivity index (χ0n) is 13.9. The molecule has 1 amide bonds. The number of rotatable bonds is 6. The minimum atomic E-state index is -3.23. The third-order valence-corrected chi connectivity index (χ3v) is 5.49. The Morgan fingerprint density at radius 3 is 2.61 bits per heavy atom. The van der Waals surface area contributed by atoms with E-state index in [1.807, 2.05) is 35.2 Å². The van der Waals surface area contributed by atoms with Crippen LogP contribution < -0.4 is 0 Å². The van der Waals surface area contributed by atoms with E-state index in [1.54, 1.807) is 0 Å². The van der Waals surface area contributed by atoms with Crippen molar-refractivity contribution in [1.29, 1.82) is 0 Å². The zero-order chi connectivity index (χ0) is 16.9. The Labute approximate surface area is 139 Å². The lowest BCUT2D eigenvalue weighted by atomic mass is 9.97. The highest BCUT2D eigenvalue weighted by Gasteiger charge is 2.32. The van der Waals surface area contributed by atoms with Crippen molar-refractivity contribution in [3.8, 4) is 0 Å². The molecule has 1 aliphatic rings. The summed E-state index contributed by atoms with van der Waals surface area (Å²) in [7, 11) is -3.23. The summed E-state index contributed by atoms with van der Waals surface area (Å²) in [6, 6.07) is 9.92. The molecule has 0 spiro atoms. The number of piperidine rings is 1. The van der Waals surface area contributed by atoms with Crippen LogP contribution in [-0.4, -0.2) is 49.4 Å². The lowest BCUT2D eigenvalue weighted by Crippen LogP contribution is -2.46. The van der Waals surface area contributed by atoms with E-state index in [0.29, 0.717) is 26.2 Å². The maximum atomic E-state index is 12.9. The normalized spacial score (nSPS) is 19.5. The smallest absolute Gasteiger partial charge is 0.227 e. The minimum Gasteiger partial charge on any atom is -0.338 e. The van der Waals surface area contributed by atoms with Crippen molar-refractivity contribution in [2.24, 2.45) is 5.92 Å². The van der Waals surface area contributed by atoms with Crippen molar-refractivity contribution >= 4 is 15.9 Å². The summed E-state index contributed by atoms with van der Waals surface area (Å²) >= 11 is 0. The summed E-state index contributed by atoms with van der Waals surface area (Å²) in [4.78, 5) is 14.7. The molecule has 0 saturated carbocycles. The lowest BCUT2D eigenvalue weighted by Gasteiger charge is -2.33. The van der Waals surface area contributed by atoms with Gasteiger partial charge in [0.05, 0.1) is 12.2 Å². The van der Waals surface area contributed by atoms with E-state index in [9.17, 15) is 13.2 Å². The molecular weight excluding hydrogens is 312 g/mol. The Balaban J connectivity index is 2.08. The zero-order valence-corrected chi connectivity index (χ0v) is 14.8. The Bertz CT molecular complexity index is 616. The van der Waals surface area contributed by atoms with Crippen molar-refractivity contribution in [2.75, 3.05) is 25.9 Å². The monoisotopic (exact) mass is 338 g/mol. The fraction of sp³-hybridized carbons (Fsp3) is 0.588. The van der Waals surface area contributed by atoms with E-state index in [0.717, 1.165) is 24.8 Å². The van der Waals surface area contributed by atoms with Crippen LogP contribution in [0.3, 0.4) is 0 Å². The number of hydrogen-bond donors (Lipinski definition) is 0. The molecule has 1 atom stereocenters. The largest absolute Gasteiger partial charge is 0.338 e. The number of nitrogens with zero attached hydrogens (tertiary/aromatic N) is 2. The maximum absolute atomic E-state index is 12.9. The highest BCUT2D eigenvalue weighted by Crippen LogP contribution is 2.22. The molecule has 1 aromatic carbocycles. The molecule has 128 valence electrons. The lowest BCUT2D eigenvalue weighted by molar-refractivity contribution is -0.137. The fourth-order valence-electron chi connectivity index (χ4n) is 3.04. The van der Waals surface area contributed by atoms with Gasteiger partial charge >= 0.3 is 0 Å². The Kier molecular flexibility index (Phi) is 6.18. The molecule has 1 saturated heterocycles. The second-order valence-electron chi connectivity index (χ2n) is 6.21. The molecule has 1 fully saturated rings. The fourth-order valence-corrected chi connectivity index (χ4v) is 3.96. The molecule has 1 aromatic rings. The van der Waals surface area contributed by atoms with Crippen LogP contribution in [0.4, 0.5) is 0 Å². The molecule has 1 aliphatic heterocycles. The average Bonchev–Trinajstić information content (AvgIpc) is 2.54. The first-order chi connectivity index (χ1) is 10.9. The van der Waals surface area contributed by atoms with Crippen LogP contribution >= 0.6 is 0 Å². The standard InChI is InChI=1S/C17H26N2O3S/c1-3-11-18(13-15-8-5-4-6-9-15)17(20)16-10-7-12-19(14-16)23(2,21)22/h4-6,8-9,16H,3,7,10-14H2,1-2H3. The van der Waals surface area contributed by atoms with Crippen LogP contribution in [0, 0.1) is 5.92 Å². The molecule has 0 radical (unpaired) electrons. The number of sulfonamides is 1. The van der Waals surface area contributed by atoms with Crippen LogP contribution in [0.15, 0.2) is 30.3 Å². The number of benzene rings is 1. The molecular formula is C17H26N2O3S. The highest BCUT2D eigenvalue weighted by atomic mass is 32.2. The number of carbonyl (C=O) groups excluding carboxylic acids is 1. The summed E-state index contributed by atoms with van der Waals surface area (Å²) in [6.07, 6.45) is 3.61. The molecule has 0 aliphatic carbocycles. The predicted octanol–water partition coefficient (Wildman–Crippen LogP) is 2.10. The van der Waals surface area contributed by atoms with Gasteiger partial charge < -0.3 is 4.90 Å². The van der Waals surface area contributed by atoms with Crippen molar-refractivity contribution in [3.05, 3.63) is 35.9 Å². The van der Waals surface area contributed by atoms with Crippen molar-refractivity contribution in [1.82, 2.24) is 9.21 Å². The molecule has 23 heavy (non-hydrogen) atoms. The Hall–Kier alpha value is -1.40. The highest BCUT2D eigenvalue weighted by molar-refractivity contribution is 7.88. The van der Waals surface area contributed by atoms with Gasteiger partial charge in [-0.05, 0) is 24.8 Å². The maximum Gasteiger partial charge on any atom is 0.227 e. The summed E-state index contributed by atoms with van der Waals surface area (Å²) in [5.74, 6) is -0.155. The van der Waals surface area contributed by atoms with E-state index < -0.39 is 10.0 Å². The van der Waals surface area contributed by atoms with Crippen LogP contribution in [0.1, 0.15) is 31.7 Å². The van der Waals surface area contributed by atoms with Gasteiger partial charge in [0, 0.05) is 26.2 Å². The van der Waals surface area contributed by atoms with Gasteiger partial charge in [0.1, 0.15) is 0 Å². The molecule has 6 heteroatoms. The molecule has 1 heterocycles. The van der Waals surface area contributed by atoms with Gasteiger partial charge in [-0.25, -0.2) is 12.7 Å². The third-order valence-electron chi connectivity index (χ3n) is 4.22. The summed E-state index contributed by atoms with van der Waals surface area (Å²) in [6.45, 7) is 4.17.